The van der Waals surface area contributed by atoms with Gasteiger partial charge in [0, 0.05) is 31.2 Å². The van der Waals surface area contributed by atoms with Crippen molar-refractivity contribution in [3.63, 3.8) is 0 Å². The van der Waals surface area contributed by atoms with Gasteiger partial charge < -0.3 is 10.2 Å². The second-order valence-electron chi connectivity index (χ2n) is 9.45. The minimum Gasteiger partial charge on any atom is -0.335 e. The maximum atomic E-state index is 12.5. The lowest BCUT2D eigenvalue weighted by Gasteiger charge is -2.35. The van der Waals surface area contributed by atoms with Gasteiger partial charge in [-0.25, -0.2) is 4.79 Å². The SMILES string of the molecule is CC(C)CCN(CC#Cc1ccccc1)CC1CCN(C(=O)NC2CCCC2)CC1. The van der Waals surface area contributed by atoms with Crippen LogP contribution in [0.4, 0.5) is 4.79 Å². The number of benzene rings is 1. The molecule has 2 fully saturated rings. The van der Waals surface area contributed by atoms with Crippen molar-refractivity contribution in [2.75, 3.05) is 32.7 Å². The Labute approximate surface area is 183 Å². The van der Waals surface area contributed by atoms with Gasteiger partial charge in [-0.2, -0.15) is 0 Å². The van der Waals surface area contributed by atoms with Gasteiger partial charge in [0.2, 0.25) is 0 Å². The van der Waals surface area contributed by atoms with Crippen LogP contribution in [0.25, 0.3) is 0 Å². The normalized spacial score (nSPS) is 17.9. The fourth-order valence-electron chi connectivity index (χ4n) is 4.47. The average Bonchev–Trinajstić information content (AvgIpc) is 3.26. The minimum absolute atomic E-state index is 0.158. The van der Waals surface area contributed by atoms with Crippen molar-refractivity contribution in [3.05, 3.63) is 35.9 Å². The molecule has 30 heavy (non-hydrogen) atoms. The Morgan fingerprint density at radius 1 is 1.13 bits per heavy atom. The number of hydrogen-bond acceptors (Lipinski definition) is 2. The van der Waals surface area contributed by atoms with Gasteiger partial charge in [-0.05, 0) is 62.6 Å². The van der Waals surface area contributed by atoms with E-state index in [0.29, 0.717) is 17.9 Å². The zero-order valence-electron chi connectivity index (χ0n) is 18.9. The lowest BCUT2D eigenvalue weighted by Crippen LogP contribution is -2.48. The Morgan fingerprint density at radius 3 is 2.50 bits per heavy atom. The van der Waals surface area contributed by atoms with Crippen molar-refractivity contribution in [3.8, 4) is 11.8 Å². The van der Waals surface area contributed by atoms with Crippen molar-refractivity contribution in [1.82, 2.24) is 15.1 Å². The third-order valence-corrected chi connectivity index (χ3v) is 6.43. The van der Waals surface area contributed by atoms with Crippen LogP contribution < -0.4 is 5.32 Å². The van der Waals surface area contributed by atoms with E-state index in [4.69, 9.17) is 0 Å². The third-order valence-electron chi connectivity index (χ3n) is 6.43. The molecule has 0 atom stereocenters. The quantitative estimate of drug-likeness (QED) is 0.660. The second kappa shape index (κ2) is 12.0. The second-order valence-corrected chi connectivity index (χ2v) is 9.45. The van der Waals surface area contributed by atoms with E-state index < -0.39 is 0 Å². The Hall–Kier alpha value is -1.99. The van der Waals surface area contributed by atoms with E-state index in [1.54, 1.807) is 0 Å². The van der Waals surface area contributed by atoms with Crippen molar-refractivity contribution in [2.45, 2.75) is 64.8 Å². The topological polar surface area (TPSA) is 35.6 Å². The number of amides is 2. The van der Waals surface area contributed by atoms with Crippen molar-refractivity contribution in [1.29, 1.82) is 0 Å². The summed E-state index contributed by atoms with van der Waals surface area (Å²) in [7, 11) is 0. The molecule has 1 heterocycles. The molecule has 4 nitrogen and oxygen atoms in total. The van der Waals surface area contributed by atoms with Gasteiger partial charge >= 0.3 is 6.03 Å². The van der Waals surface area contributed by atoms with Crippen molar-refractivity contribution >= 4 is 6.03 Å². The molecule has 0 spiro atoms. The van der Waals surface area contributed by atoms with Crippen LogP contribution in [-0.4, -0.2) is 54.6 Å². The molecule has 1 saturated carbocycles. The third kappa shape index (κ3) is 7.69. The van der Waals surface area contributed by atoms with Crippen LogP contribution >= 0.6 is 0 Å². The molecule has 1 aromatic carbocycles. The molecule has 0 aromatic heterocycles. The number of nitrogens with one attached hydrogen (secondary N) is 1. The fourth-order valence-corrected chi connectivity index (χ4v) is 4.47. The molecule has 0 bridgehead atoms. The Morgan fingerprint density at radius 2 is 1.83 bits per heavy atom. The maximum absolute atomic E-state index is 12.5. The zero-order chi connectivity index (χ0) is 21.2. The van der Waals surface area contributed by atoms with Gasteiger partial charge in [0.25, 0.3) is 0 Å². The molecule has 4 heteroatoms. The predicted octanol–water partition coefficient (Wildman–Crippen LogP) is 4.75. The van der Waals surface area contributed by atoms with E-state index in [2.05, 4.69) is 48.0 Å². The van der Waals surface area contributed by atoms with E-state index in [-0.39, 0.29) is 6.03 Å². The zero-order valence-corrected chi connectivity index (χ0v) is 18.9. The lowest BCUT2D eigenvalue weighted by molar-refractivity contribution is 0.147. The standard InChI is InChI=1S/C26H39N3O/c1-22(2)14-18-28(17-8-11-23-9-4-3-5-10-23)21-24-15-19-29(20-16-24)26(30)27-25-12-6-7-13-25/h3-5,9-10,22,24-25H,6-7,12-21H2,1-2H3,(H,27,30). The molecular formula is C26H39N3O. The highest BCUT2D eigenvalue weighted by Crippen LogP contribution is 2.21. The van der Waals surface area contributed by atoms with Gasteiger partial charge in [0.15, 0.2) is 0 Å². The van der Waals surface area contributed by atoms with Crippen LogP contribution in [-0.2, 0) is 0 Å². The molecule has 3 rings (SSSR count). The van der Waals surface area contributed by atoms with Crippen molar-refractivity contribution in [2.24, 2.45) is 11.8 Å². The highest BCUT2D eigenvalue weighted by atomic mass is 16.2. The van der Waals surface area contributed by atoms with Crippen molar-refractivity contribution < 1.29 is 4.79 Å². The summed E-state index contributed by atoms with van der Waals surface area (Å²) in [6.45, 7) is 9.36. The first-order chi connectivity index (χ1) is 14.6. The van der Waals surface area contributed by atoms with Gasteiger partial charge in [-0.1, -0.05) is 56.7 Å². The predicted molar refractivity (Wildman–Crippen MR) is 124 cm³/mol. The molecular weight excluding hydrogens is 370 g/mol. The first-order valence-electron chi connectivity index (χ1n) is 11.9. The number of carbonyl (C=O) groups is 1. The monoisotopic (exact) mass is 409 g/mol. The molecule has 2 aliphatic rings. The van der Waals surface area contributed by atoms with E-state index in [0.717, 1.165) is 64.0 Å². The molecule has 1 aliphatic heterocycles. The van der Waals surface area contributed by atoms with Crippen LogP contribution in [0.5, 0.6) is 0 Å². The number of carbonyl (C=O) groups excluding carboxylic acids is 1. The summed E-state index contributed by atoms with van der Waals surface area (Å²) >= 11 is 0. The van der Waals surface area contributed by atoms with Crippen LogP contribution in [0.1, 0.15) is 64.4 Å². The van der Waals surface area contributed by atoms with E-state index in [1.807, 2.05) is 23.1 Å². The first kappa shape index (κ1) is 22.7. The van der Waals surface area contributed by atoms with Crippen LogP contribution in [0, 0.1) is 23.7 Å². The summed E-state index contributed by atoms with van der Waals surface area (Å²) in [6.07, 6.45) is 8.22. The Balaban J connectivity index is 1.45. The van der Waals surface area contributed by atoms with Gasteiger partial charge in [-0.3, -0.25) is 4.90 Å². The van der Waals surface area contributed by atoms with Gasteiger partial charge in [-0.15, -0.1) is 0 Å². The van der Waals surface area contributed by atoms with Crippen LogP contribution in [0.15, 0.2) is 30.3 Å². The number of nitrogens with zero attached hydrogens (tertiary/aromatic N) is 2. The van der Waals surface area contributed by atoms with Crippen LogP contribution in [0.3, 0.4) is 0 Å². The molecule has 2 amide bonds. The summed E-state index contributed by atoms with van der Waals surface area (Å²) in [5.41, 5.74) is 1.09. The summed E-state index contributed by atoms with van der Waals surface area (Å²) < 4.78 is 0. The number of hydrogen-bond donors (Lipinski definition) is 1. The number of urea groups is 1. The fraction of sp³-hybridized carbons (Fsp3) is 0.654. The lowest BCUT2D eigenvalue weighted by atomic mass is 9.96. The van der Waals surface area contributed by atoms with Crippen LogP contribution in [0.2, 0.25) is 0 Å². The molecule has 1 aromatic rings. The number of piperidine rings is 1. The molecule has 1 saturated heterocycles. The number of likely N-dealkylation sites (tertiary alicyclic amines) is 1. The molecule has 164 valence electrons. The largest absolute Gasteiger partial charge is 0.335 e. The molecule has 1 aliphatic carbocycles. The Bertz CT molecular complexity index is 692. The maximum Gasteiger partial charge on any atom is 0.317 e. The summed E-state index contributed by atoms with van der Waals surface area (Å²) in [6, 6.07) is 10.8. The highest BCUT2D eigenvalue weighted by Gasteiger charge is 2.26. The highest BCUT2D eigenvalue weighted by molar-refractivity contribution is 5.74. The summed E-state index contributed by atoms with van der Waals surface area (Å²) in [4.78, 5) is 17.1. The average molecular weight is 410 g/mol. The molecule has 0 unspecified atom stereocenters. The molecule has 1 N–H and O–H groups in total. The molecule has 0 radical (unpaired) electrons. The summed E-state index contributed by atoms with van der Waals surface area (Å²) in [5.74, 6) is 8.05. The van der Waals surface area contributed by atoms with E-state index in [1.165, 1.54) is 19.3 Å². The van der Waals surface area contributed by atoms with E-state index >= 15 is 0 Å². The van der Waals surface area contributed by atoms with Gasteiger partial charge in [0.05, 0.1) is 6.54 Å². The van der Waals surface area contributed by atoms with E-state index in [9.17, 15) is 4.79 Å². The smallest absolute Gasteiger partial charge is 0.317 e. The minimum atomic E-state index is 0.158. The number of rotatable bonds is 7. The summed E-state index contributed by atoms with van der Waals surface area (Å²) in [5, 5.41) is 3.24. The first-order valence-corrected chi connectivity index (χ1v) is 11.9. The van der Waals surface area contributed by atoms with Gasteiger partial charge in [0.1, 0.15) is 0 Å². The Kier molecular flexibility index (Phi) is 9.08.